The Labute approximate surface area is 109 Å². The SMILES string of the molecule is CC1CCCN(c2ncnc(NC(C)C)c2N)C1. The number of nitrogens with two attached hydrogens (primary N) is 1. The average Bonchev–Trinajstić information content (AvgIpc) is 2.31. The number of piperidine rings is 1. The Morgan fingerprint density at radius 2 is 2.22 bits per heavy atom. The van der Waals surface area contributed by atoms with Gasteiger partial charge in [-0.25, -0.2) is 9.97 Å². The largest absolute Gasteiger partial charge is 0.393 e. The Morgan fingerprint density at radius 3 is 2.89 bits per heavy atom. The van der Waals surface area contributed by atoms with Crippen LogP contribution in [-0.4, -0.2) is 29.1 Å². The van der Waals surface area contributed by atoms with E-state index in [1.807, 2.05) is 0 Å². The van der Waals surface area contributed by atoms with Crippen LogP contribution in [0.3, 0.4) is 0 Å². The van der Waals surface area contributed by atoms with E-state index in [0.717, 1.165) is 24.7 Å². The molecule has 2 heterocycles. The lowest BCUT2D eigenvalue weighted by Gasteiger charge is -2.32. The third-order valence-corrected chi connectivity index (χ3v) is 3.24. The third kappa shape index (κ3) is 2.83. The number of nitrogens with one attached hydrogen (secondary N) is 1. The van der Waals surface area contributed by atoms with Crippen LogP contribution in [-0.2, 0) is 0 Å². The minimum atomic E-state index is 0.315. The van der Waals surface area contributed by atoms with Crippen LogP contribution in [0.2, 0.25) is 0 Å². The number of hydrogen-bond donors (Lipinski definition) is 2. The molecule has 1 aliphatic rings. The first kappa shape index (κ1) is 12.9. The number of nitrogens with zero attached hydrogens (tertiary/aromatic N) is 3. The van der Waals surface area contributed by atoms with Gasteiger partial charge in [0.15, 0.2) is 11.6 Å². The third-order valence-electron chi connectivity index (χ3n) is 3.24. The van der Waals surface area contributed by atoms with Gasteiger partial charge in [-0.05, 0) is 32.6 Å². The van der Waals surface area contributed by atoms with Crippen molar-refractivity contribution in [1.82, 2.24) is 9.97 Å². The topological polar surface area (TPSA) is 67.1 Å². The summed E-state index contributed by atoms with van der Waals surface area (Å²) in [5, 5.41) is 3.26. The van der Waals surface area contributed by atoms with Crippen molar-refractivity contribution in [3.8, 4) is 0 Å². The van der Waals surface area contributed by atoms with Gasteiger partial charge < -0.3 is 16.0 Å². The molecule has 0 spiro atoms. The summed E-state index contributed by atoms with van der Waals surface area (Å²) >= 11 is 0. The van der Waals surface area contributed by atoms with Gasteiger partial charge in [-0.2, -0.15) is 0 Å². The van der Waals surface area contributed by atoms with Crippen LogP contribution in [0.5, 0.6) is 0 Å². The highest BCUT2D eigenvalue weighted by molar-refractivity contribution is 5.75. The summed E-state index contributed by atoms with van der Waals surface area (Å²) < 4.78 is 0. The maximum atomic E-state index is 6.18. The van der Waals surface area contributed by atoms with E-state index in [-0.39, 0.29) is 0 Å². The zero-order chi connectivity index (χ0) is 13.1. The Kier molecular flexibility index (Phi) is 3.89. The van der Waals surface area contributed by atoms with Gasteiger partial charge in [-0.15, -0.1) is 0 Å². The lowest BCUT2D eigenvalue weighted by atomic mass is 10.0. The highest BCUT2D eigenvalue weighted by atomic mass is 15.2. The van der Waals surface area contributed by atoms with E-state index < -0.39 is 0 Å². The monoisotopic (exact) mass is 249 g/mol. The van der Waals surface area contributed by atoms with Crippen LogP contribution in [0, 0.1) is 5.92 Å². The number of hydrogen-bond acceptors (Lipinski definition) is 5. The maximum Gasteiger partial charge on any atom is 0.157 e. The van der Waals surface area contributed by atoms with Crippen molar-refractivity contribution in [2.75, 3.05) is 29.0 Å². The van der Waals surface area contributed by atoms with Gasteiger partial charge in [0.2, 0.25) is 0 Å². The number of nitrogen functional groups attached to an aromatic ring is 1. The van der Waals surface area contributed by atoms with Gasteiger partial charge in [0.1, 0.15) is 12.0 Å². The van der Waals surface area contributed by atoms with Crippen molar-refractivity contribution in [2.24, 2.45) is 5.92 Å². The van der Waals surface area contributed by atoms with Crippen LogP contribution < -0.4 is 16.0 Å². The van der Waals surface area contributed by atoms with Crippen molar-refractivity contribution in [2.45, 2.75) is 39.7 Å². The minimum Gasteiger partial charge on any atom is -0.393 e. The standard InChI is InChI=1S/C13H23N5/c1-9(2)17-12-11(14)13(16-8-15-12)18-6-4-5-10(3)7-18/h8-10H,4-7,14H2,1-3H3,(H,15,16,17). The smallest absolute Gasteiger partial charge is 0.157 e. The van der Waals surface area contributed by atoms with E-state index in [0.29, 0.717) is 17.6 Å². The van der Waals surface area contributed by atoms with Crippen molar-refractivity contribution < 1.29 is 0 Å². The molecule has 1 aromatic heterocycles. The average molecular weight is 249 g/mol. The molecular formula is C13H23N5. The molecule has 1 atom stereocenters. The Balaban J connectivity index is 2.22. The summed E-state index contributed by atoms with van der Waals surface area (Å²) in [5.41, 5.74) is 6.85. The summed E-state index contributed by atoms with van der Waals surface area (Å²) in [6.07, 6.45) is 4.09. The molecule has 0 radical (unpaired) electrons. The van der Waals surface area contributed by atoms with Crippen LogP contribution >= 0.6 is 0 Å². The summed E-state index contributed by atoms with van der Waals surface area (Å²) in [5.74, 6) is 2.32. The Morgan fingerprint density at radius 1 is 1.44 bits per heavy atom. The summed E-state index contributed by atoms with van der Waals surface area (Å²) in [4.78, 5) is 10.8. The second-order valence-corrected chi connectivity index (χ2v) is 5.45. The van der Waals surface area contributed by atoms with Gasteiger partial charge in [0.05, 0.1) is 0 Å². The van der Waals surface area contributed by atoms with Crippen molar-refractivity contribution in [3.05, 3.63) is 6.33 Å². The van der Waals surface area contributed by atoms with Crippen molar-refractivity contribution in [3.63, 3.8) is 0 Å². The van der Waals surface area contributed by atoms with Gasteiger partial charge in [-0.3, -0.25) is 0 Å². The molecule has 5 nitrogen and oxygen atoms in total. The summed E-state index contributed by atoms with van der Waals surface area (Å²) in [6.45, 7) is 8.49. The van der Waals surface area contributed by atoms with E-state index in [9.17, 15) is 0 Å². The highest BCUT2D eigenvalue weighted by Crippen LogP contribution is 2.29. The van der Waals surface area contributed by atoms with Gasteiger partial charge in [0.25, 0.3) is 0 Å². The molecule has 1 aliphatic heterocycles. The summed E-state index contributed by atoms with van der Waals surface area (Å²) in [6, 6.07) is 0.315. The fraction of sp³-hybridized carbons (Fsp3) is 0.692. The molecule has 0 amide bonds. The van der Waals surface area contributed by atoms with Crippen molar-refractivity contribution >= 4 is 17.3 Å². The fourth-order valence-electron chi connectivity index (χ4n) is 2.41. The molecule has 1 saturated heterocycles. The van der Waals surface area contributed by atoms with Gasteiger partial charge in [-0.1, -0.05) is 6.92 Å². The van der Waals surface area contributed by atoms with Crippen LogP contribution in [0.4, 0.5) is 17.3 Å². The van der Waals surface area contributed by atoms with E-state index in [2.05, 4.69) is 41.0 Å². The predicted molar refractivity (Wildman–Crippen MR) is 75.8 cm³/mol. The Hall–Kier alpha value is -1.52. The van der Waals surface area contributed by atoms with E-state index >= 15 is 0 Å². The molecular weight excluding hydrogens is 226 g/mol. The van der Waals surface area contributed by atoms with Crippen LogP contribution in [0.15, 0.2) is 6.33 Å². The van der Waals surface area contributed by atoms with Crippen LogP contribution in [0.1, 0.15) is 33.6 Å². The second kappa shape index (κ2) is 5.42. The molecule has 0 aliphatic carbocycles. The van der Waals surface area contributed by atoms with Gasteiger partial charge >= 0.3 is 0 Å². The number of aromatic nitrogens is 2. The highest BCUT2D eigenvalue weighted by Gasteiger charge is 2.21. The molecule has 1 unspecified atom stereocenters. The quantitative estimate of drug-likeness (QED) is 0.859. The predicted octanol–water partition coefficient (Wildman–Crippen LogP) is 2.12. The molecule has 100 valence electrons. The van der Waals surface area contributed by atoms with E-state index in [1.54, 1.807) is 6.33 Å². The molecule has 0 aromatic carbocycles. The molecule has 3 N–H and O–H groups in total. The first-order chi connectivity index (χ1) is 8.58. The van der Waals surface area contributed by atoms with Crippen molar-refractivity contribution in [1.29, 1.82) is 0 Å². The fourth-order valence-corrected chi connectivity index (χ4v) is 2.41. The van der Waals surface area contributed by atoms with E-state index in [4.69, 9.17) is 5.73 Å². The second-order valence-electron chi connectivity index (χ2n) is 5.45. The molecule has 2 rings (SSSR count). The number of rotatable bonds is 3. The zero-order valence-electron chi connectivity index (χ0n) is 11.5. The molecule has 18 heavy (non-hydrogen) atoms. The van der Waals surface area contributed by atoms with Gasteiger partial charge in [0, 0.05) is 19.1 Å². The maximum absolute atomic E-state index is 6.18. The molecule has 0 bridgehead atoms. The lowest BCUT2D eigenvalue weighted by molar-refractivity contribution is 0.445. The Bertz CT molecular complexity index is 404. The van der Waals surface area contributed by atoms with E-state index in [1.165, 1.54) is 12.8 Å². The molecule has 0 saturated carbocycles. The minimum absolute atomic E-state index is 0.315. The first-order valence-corrected chi connectivity index (χ1v) is 6.70. The zero-order valence-corrected chi connectivity index (χ0v) is 11.5. The van der Waals surface area contributed by atoms with Crippen LogP contribution in [0.25, 0.3) is 0 Å². The summed E-state index contributed by atoms with van der Waals surface area (Å²) in [7, 11) is 0. The first-order valence-electron chi connectivity index (χ1n) is 6.70. The molecule has 5 heteroatoms. The number of anilines is 3. The molecule has 1 aromatic rings. The lowest BCUT2D eigenvalue weighted by Crippen LogP contribution is -2.35. The molecule has 1 fully saturated rings. The normalized spacial score (nSPS) is 20.2.